The third kappa shape index (κ3) is 4.25. The van der Waals surface area contributed by atoms with Crippen molar-refractivity contribution >= 4 is 46.1 Å². The standard InChI is InChI=1S/C19H14Cl2N2O3/c20-13-6-7-16(21)18(9-13)26-11-19(25)23-22-10-15-14-4-2-1-3-12(14)5-8-17(15)24/h1-10,24H,11H2,(H,23,25)/b22-10+. The van der Waals surface area contributed by atoms with Gasteiger partial charge in [0.15, 0.2) is 6.61 Å². The Morgan fingerprint density at radius 1 is 1.15 bits per heavy atom. The number of phenols is 1. The predicted molar refractivity (Wildman–Crippen MR) is 103 cm³/mol. The molecule has 0 atom stereocenters. The van der Waals surface area contributed by atoms with Crippen LogP contribution in [0, 0.1) is 0 Å². The SMILES string of the molecule is O=C(COc1cc(Cl)ccc1Cl)N/N=C/c1c(O)ccc2ccccc12. The van der Waals surface area contributed by atoms with Gasteiger partial charge in [0.1, 0.15) is 11.5 Å². The third-order valence-corrected chi connectivity index (χ3v) is 4.13. The molecule has 2 N–H and O–H groups in total. The van der Waals surface area contributed by atoms with Crippen LogP contribution in [0.15, 0.2) is 59.7 Å². The number of aromatic hydroxyl groups is 1. The summed E-state index contributed by atoms with van der Waals surface area (Å²) < 4.78 is 5.32. The normalized spacial score (nSPS) is 11.0. The second-order valence-electron chi connectivity index (χ2n) is 5.38. The van der Waals surface area contributed by atoms with Crippen molar-refractivity contribution in [2.24, 2.45) is 5.10 Å². The van der Waals surface area contributed by atoms with E-state index in [4.69, 9.17) is 27.9 Å². The van der Waals surface area contributed by atoms with E-state index in [1.807, 2.05) is 30.3 Å². The van der Waals surface area contributed by atoms with Crippen molar-refractivity contribution in [1.29, 1.82) is 0 Å². The summed E-state index contributed by atoms with van der Waals surface area (Å²) in [7, 11) is 0. The molecular formula is C19H14Cl2N2O3. The Hall–Kier alpha value is -2.76. The van der Waals surface area contributed by atoms with Gasteiger partial charge in [-0.2, -0.15) is 5.10 Å². The lowest BCUT2D eigenvalue weighted by Crippen LogP contribution is -2.24. The molecule has 0 radical (unpaired) electrons. The zero-order valence-electron chi connectivity index (χ0n) is 13.4. The number of amides is 1. The molecule has 0 aromatic heterocycles. The molecule has 0 bridgehead atoms. The molecule has 0 unspecified atom stereocenters. The van der Waals surface area contributed by atoms with Crippen molar-refractivity contribution in [3.63, 3.8) is 0 Å². The van der Waals surface area contributed by atoms with E-state index in [0.717, 1.165) is 10.8 Å². The Morgan fingerprint density at radius 3 is 2.81 bits per heavy atom. The molecule has 0 heterocycles. The number of hydrogen-bond acceptors (Lipinski definition) is 4. The number of ether oxygens (including phenoxy) is 1. The van der Waals surface area contributed by atoms with Crippen LogP contribution in [0.5, 0.6) is 11.5 Å². The molecular weight excluding hydrogens is 375 g/mol. The summed E-state index contributed by atoms with van der Waals surface area (Å²) in [6.45, 7) is -0.279. The first-order valence-corrected chi connectivity index (χ1v) is 8.40. The predicted octanol–water partition coefficient (Wildman–Crippen LogP) is 4.38. The molecule has 0 aliphatic carbocycles. The smallest absolute Gasteiger partial charge is 0.277 e. The van der Waals surface area contributed by atoms with E-state index < -0.39 is 5.91 Å². The largest absolute Gasteiger partial charge is 0.507 e. The summed E-state index contributed by atoms with van der Waals surface area (Å²) in [5.41, 5.74) is 2.86. The molecule has 26 heavy (non-hydrogen) atoms. The van der Waals surface area contributed by atoms with Gasteiger partial charge in [-0.05, 0) is 29.0 Å². The van der Waals surface area contributed by atoms with Gasteiger partial charge in [-0.15, -0.1) is 0 Å². The Bertz CT molecular complexity index is 990. The van der Waals surface area contributed by atoms with E-state index in [-0.39, 0.29) is 12.4 Å². The van der Waals surface area contributed by atoms with Crippen LogP contribution >= 0.6 is 23.2 Å². The van der Waals surface area contributed by atoms with Crippen LogP contribution < -0.4 is 10.2 Å². The van der Waals surface area contributed by atoms with Crippen molar-refractivity contribution in [2.45, 2.75) is 0 Å². The molecule has 132 valence electrons. The number of nitrogens with one attached hydrogen (secondary N) is 1. The highest BCUT2D eigenvalue weighted by Gasteiger charge is 2.07. The van der Waals surface area contributed by atoms with E-state index in [9.17, 15) is 9.90 Å². The summed E-state index contributed by atoms with van der Waals surface area (Å²) in [6.07, 6.45) is 1.39. The van der Waals surface area contributed by atoms with Crippen LogP contribution in [-0.4, -0.2) is 23.8 Å². The van der Waals surface area contributed by atoms with Gasteiger partial charge in [0.25, 0.3) is 5.91 Å². The first kappa shape index (κ1) is 18.0. The molecule has 0 fully saturated rings. The molecule has 1 amide bonds. The highest BCUT2D eigenvalue weighted by Crippen LogP contribution is 2.27. The van der Waals surface area contributed by atoms with Crippen molar-refractivity contribution in [1.82, 2.24) is 5.43 Å². The minimum Gasteiger partial charge on any atom is -0.507 e. The topological polar surface area (TPSA) is 70.9 Å². The minimum atomic E-state index is -0.475. The molecule has 0 spiro atoms. The fourth-order valence-electron chi connectivity index (χ4n) is 2.35. The van der Waals surface area contributed by atoms with E-state index >= 15 is 0 Å². The number of fused-ring (bicyclic) bond motifs is 1. The maximum Gasteiger partial charge on any atom is 0.277 e. The maximum atomic E-state index is 11.9. The van der Waals surface area contributed by atoms with Crippen LogP contribution in [0.1, 0.15) is 5.56 Å². The van der Waals surface area contributed by atoms with Gasteiger partial charge in [-0.3, -0.25) is 4.79 Å². The number of carbonyl (C=O) groups excluding carboxylic acids is 1. The highest BCUT2D eigenvalue weighted by atomic mass is 35.5. The summed E-state index contributed by atoms with van der Waals surface area (Å²) in [5.74, 6) is -0.0920. The van der Waals surface area contributed by atoms with Gasteiger partial charge >= 0.3 is 0 Å². The van der Waals surface area contributed by atoms with Crippen LogP contribution in [0.3, 0.4) is 0 Å². The number of nitrogens with zero attached hydrogens (tertiary/aromatic N) is 1. The Balaban J connectivity index is 1.65. The lowest BCUT2D eigenvalue weighted by molar-refractivity contribution is -0.123. The zero-order valence-corrected chi connectivity index (χ0v) is 15.0. The lowest BCUT2D eigenvalue weighted by Gasteiger charge is -2.07. The average Bonchev–Trinajstić information content (AvgIpc) is 2.64. The van der Waals surface area contributed by atoms with Gasteiger partial charge < -0.3 is 9.84 Å². The van der Waals surface area contributed by atoms with Gasteiger partial charge in [0.05, 0.1) is 11.2 Å². The number of benzene rings is 3. The average molecular weight is 389 g/mol. The van der Waals surface area contributed by atoms with Crippen molar-refractivity contribution in [3.05, 3.63) is 70.2 Å². The first-order valence-electron chi connectivity index (χ1n) is 7.65. The zero-order chi connectivity index (χ0) is 18.5. The van der Waals surface area contributed by atoms with Crippen LogP contribution in [0.2, 0.25) is 10.0 Å². The molecule has 3 aromatic carbocycles. The number of halogens is 2. The molecule has 3 rings (SSSR count). The number of rotatable bonds is 5. The van der Waals surface area contributed by atoms with E-state index in [1.165, 1.54) is 12.3 Å². The molecule has 7 heteroatoms. The summed E-state index contributed by atoms with van der Waals surface area (Å²) in [5, 5.41) is 16.5. The second kappa shape index (κ2) is 8.08. The van der Waals surface area contributed by atoms with Gasteiger partial charge in [0, 0.05) is 16.7 Å². The summed E-state index contributed by atoms with van der Waals surface area (Å²) >= 11 is 11.8. The van der Waals surface area contributed by atoms with Crippen LogP contribution in [-0.2, 0) is 4.79 Å². The molecule has 5 nitrogen and oxygen atoms in total. The third-order valence-electron chi connectivity index (χ3n) is 3.58. The Kier molecular flexibility index (Phi) is 5.61. The Morgan fingerprint density at radius 2 is 1.96 bits per heavy atom. The van der Waals surface area contributed by atoms with Crippen molar-refractivity contribution in [2.75, 3.05) is 6.61 Å². The second-order valence-corrected chi connectivity index (χ2v) is 6.22. The lowest BCUT2D eigenvalue weighted by atomic mass is 10.0. The molecule has 0 aliphatic rings. The van der Waals surface area contributed by atoms with Crippen molar-refractivity contribution < 1.29 is 14.6 Å². The van der Waals surface area contributed by atoms with Gasteiger partial charge in [-0.25, -0.2) is 5.43 Å². The number of phenolic OH excluding ortho intramolecular Hbond substituents is 1. The molecule has 0 aliphatic heterocycles. The summed E-state index contributed by atoms with van der Waals surface area (Å²) in [4.78, 5) is 11.9. The monoisotopic (exact) mass is 388 g/mol. The fraction of sp³-hybridized carbons (Fsp3) is 0.0526. The van der Waals surface area contributed by atoms with Crippen LogP contribution in [0.4, 0.5) is 0 Å². The quantitative estimate of drug-likeness (QED) is 0.503. The fourth-order valence-corrected chi connectivity index (χ4v) is 2.69. The Labute approximate surface area is 159 Å². The van der Waals surface area contributed by atoms with E-state index in [0.29, 0.717) is 21.4 Å². The van der Waals surface area contributed by atoms with Gasteiger partial charge in [-0.1, -0.05) is 53.5 Å². The maximum absolute atomic E-state index is 11.9. The highest BCUT2D eigenvalue weighted by molar-refractivity contribution is 6.34. The van der Waals surface area contributed by atoms with Gasteiger partial charge in [0.2, 0.25) is 0 Å². The number of hydrazone groups is 1. The first-order chi connectivity index (χ1) is 12.5. The van der Waals surface area contributed by atoms with Crippen molar-refractivity contribution in [3.8, 4) is 11.5 Å². The minimum absolute atomic E-state index is 0.0728. The van der Waals surface area contributed by atoms with Crippen LogP contribution in [0.25, 0.3) is 10.8 Å². The molecule has 3 aromatic rings. The van der Waals surface area contributed by atoms with E-state index in [2.05, 4.69) is 10.5 Å². The number of hydrogen-bond donors (Lipinski definition) is 2. The molecule has 0 saturated heterocycles. The number of carbonyl (C=O) groups is 1. The van der Waals surface area contributed by atoms with E-state index in [1.54, 1.807) is 18.2 Å². The molecule has 0 saturated carbocycles. The summed E-state index contributed by atoms with van der Waals surface area (Å²) in [6, 6.07) is 15.7.